The third-order valence-electron chi connectivity index (χ3n) is 9.03. The normalized spacial score (nSPS) is 17.5. The first-order valence-corrected chi connectivity index (χ1v) is 15.9. The van der Waals surface area contributed by atoms with Crippen molar-refractivity contribution in [3.8, 4) is 11.6 Å². The summed E-state index contributed by atoms with van der Waals surface area (Å²) in [6.07, 6.45) is -1.77. The fourth-order valence-corrected chi connectivity index (χ4v) is 6.73. The number of aromatic hydroxyl groups is 1. The van der Waals surface area contributed by atoms with Crippen LogP contribution in [0, 0.1) is 13.8 Å². The zero-order chi connectivity index (χ0) is 35.4. The first-order valence-electron chi connectivity index (χ1n) is 15.5. The number of carbonyl (C=O) groups is 2. The summed E-state index contributed by atoms with van der Waals surface area (Å²) in [5.41, 5.74) is 0.0473. The summed E-state index contributed by atoms with van der Waals surface area (Å²) in [6, 6.07) is 2.09. The van der Waals surface area contributed by atoms with Crippen molar-refractivity contribution >= 4 is 46.0 Å². The van der Waals surface area contributed by atoms with Gasteiger partial charge in [-0.1, -0.05) is 18.5 Å². The molecule has 0 bridgehead atoms. The molecule has 2 amide bonds. The number of hydrogen-bond acceptors (Lipinski definition) is 10. The number of fused-ring (bicyclic) bond motifs is 2. The van der Waals surface area contributed by atoms with Gasteiger partial charge in [0.25, 0.3) is 5.91 Å². The van der Waals surface area contributed by atoms with Gasteiger partial charge in [0.2, 0.25) is 17.2 Å². The molecule has 0 spiro atoms. The number of ether oxygens (including phenoxy) is 1. The molecule has 2 N–H and O–H groups in total. The van der Waals surface area contributed by atoms with Crippen molar-refractivity contribution in [3.63, 3.8) is 0 Å². The van der Waals surface area contributed by atoms with Crippen LogP contribution in [-0.4, -0.2) is 78.6 Å². The van der Waals surface area contributed by atoms with E-state index in [-0.39, 0.29) is 76.6 Å². The van der Waals surface area contributed by atoms with Gasteiger partial charge in [0.05, 0.1) is 35.1 Å². The minimum Gasteiger partial charge on any atom is -0.504 e. The molecule has 1 aromatic carbocycles. The van der Waals surface area contributed by atoms with E-state index in [4.69, 9.17) is 16.3 Å². The van der Waals surface area contributed by atoms with E-state index in [0.717, 1.165) is 18.2 Å². The number of piperazine rings is 1. The largest absolute Gasteiger partial charge is 0.504 e. The van der Waals surface area contributed by atoms with Crippen LogP contribution in [0.2, 0.25) is 5.02 Å². The molecule has 2 atom stereocenters. The third-order valence-corrected chi connectivity index (χ3v) is 9.35. The lowest BCUT2D eigenvalue weighted by Crippen LogP contribution is -2.67. The monoisotopic (exact) mass is 700 g/mol. The number of anilines is 2. The van der Waals surface area contributed by atoms with Crippen LogP contribution in [0.5, 0.6) is 11.6 Å². The topological polar surface area (TPSA) is 156 Å². The number of rotatable bonds is 7. The average molecular weight is 701 g/mol. The number of methoxy groups -OCH3 is 1. The number of aryl methyl sites for hydroxylation is 2. The van der Waals surface area contributed by atoms with Crippen molar-refractivity contribution in [2.75, 3.05) is 30.4 Å². The number of carbonyl (C=O) groups excluding carboxylic acids is 2. The van der Waals surface area contributed by atoms with Gasteiger partial charge in [0.1, 0.15) is 24.3 Å². The zero-order valence-corrected chi connectivity index (χ0v) is 27.7. The predicted octanol–water partition coefficient (Wildman–Crippen LogP) is 4.28. The number of amides is 2. The molecular weight excluding hydrogens is 669 g/mol. The summed E-state index contributed by atoms with van der Waals surface area (Å²) in [5.74, 6) is -1.22. The Morgan fingerprint density at radius 2 is 1.84 bits per heavy atom. The van der Waals surface area contributed by atoms with Gasteiger partial charge in [0, 0.05) is 24.8 Å². The van der Waals surface area contributed by atoms with E-state index in [1.165, 1.54) is 13.4 Å². The van der Waals surface area contributed by atoms with Crippen LogP contribution in [-0.2, 0) is 23.9 Å². The molecule has 3 aromatic heterocycles. The van der Waals surface area contributed by atoms with Crippen LogP contribution in [0.4, 0.5) is 24.5 Å². The number of benzene rings is 1. The number of hydrogen-bond donors (Lipinski definition) is 2. The highest BCUT2D eigenvalue weighted by molar-refractivity contribution is 6.33. The van der Waals surface area contributed by atoms with E-state index in [1.807, 2.05) is 11.8 Å². The van der Waals surface area contributed by atoms with Gasteiger partial charge in [-0.3, -0.25) is 14.4 Å². The molecule has 1 saturated heterocycles. The Hall–Kier alpha value is -4.99. The van der Waals surface area contributed by atoms with Crippen molar-refractivity contribution in [2.24, 2.45) is 0 Å². The van der Waals surface area contributed by atoms with Crippen molar-refractivity contribution in [1.82, 2.24) is 29.4 Å². The number of aromatic nitrogens is 5. The summed E-state index contributed by atoms with van der Waals surface area (Å²) >= 11 is 6.11. The number of nitrogens with one attached hydrogen (secondary N) is 1. The first-order chi connectivity index (χ1) is 23.2. The summed E-state index contributed by atoms with van der Waals surface area (Å²) in [6.45, 7) is 5.16. The number of halogens is 4. The van der Waals surface area contributed by atoms with Crippen molar-refractivity contribution in [3.05, 3.63) is 68.1 Å². The van der Waals surface area contributed by atoms with Gasteiger partial charge in [-0.15, -0.1) is 0 Å². The highest BCUT2D eigenvalue weighted by atomic mass is 35.5. The molecule has 17 heteroatoms. The molecular formula is C32H32ClF3N8O5. The van der Waals surface area contributed by atoms with Gasteiger partial charge < -0.3 is 29.5 Å². The number of pyridine rings is 1. The van der Waals surface area contributed by atoms with E-state index in [2.05, 4.69) is 25.3 Å². The Balaban J connectivity index is 1.39. The van der Waals surface area contributed by atoms with Crippen LogP contribution in [0.1, 0.15) is 52.9 Å². The maximum absolute atomic E-state index is 14.3. The molecule has 13 nitrogen and oxygen atoms in total. The molecule has 2 aliphatic rings. The van der Waals surface area contributed by atoms with E-state index >= 15 is 0 Å². The SMILES string of the molecule is CCc1c(N2CCN(C(=O)c3ncnc(C)c3O)[C@H]3CCC32)c(=O)c2nc(OC)c(C)nc2n1CC(=O)Nc1ccc(C(F)(F)F)cc1Cl. The van der Waals surface area contributed by atoms with Gasteiger partial charge in [-0.2, -0.15) is 13.2 Å². The standard InChI is InChI=1S/C32H32ClF3N8O5/c1-5-20-26(42-10-11-43(22-9-8-21(22)42)31(48)25-27(46)15(2)37-14-38-25)28(47)24-29(39-16(3)30(41-24)49-4)44(20)13-23(45)40-19-7-6-17(12-18(19)33)32(34,35)36/h6-7,12,14,21-22,46H,5,8-11,13H2,1-4H3,(H,40,45)/t21?,22-/m0/s1. The molecule has 1 unspecified atom stereocenters. The van der Waals surface area contributed by atoms with Crippen LogP contribution in [0.3, 0.4) is 0 Å². The second-order valence-electron chi connectivity index (χ2n) is 11.9. The Morgan fingerprint density at radius 1 is 1.10 bits per heavy atom. The highest BCUT2D eigenvalue weighted by Gasteiger charge is 2.47. The van der Waals surface area contributed by atoms with Gasteiger partial charge >= 0.3 is 6.18 Å². The maximum atomic E-state index is 14.3. The first kappa shape index (κ1) is 33.9. The van der Waals surface area contributed by atoms with Gasteiger partial charge in [-0.05, 0) is 51.3 Å². The van der Waals surface area contributed by atoms with Crippen molar-refractivity contribution in [2.45, 2.75) is 64.8 Å². The smallest absolute Gasteiger partial charge is 0.416 e. The van der Waals surface area contributed by atoms with Gasteiger partial charge in [-0.25, -0.2) is 19.9 Å². The van der Waals surface area contributed by atoms with Crippen LogP contribution in [0.15, 0.2) is 29.3 Å². The summed E-state index contributed by atoms with van der Waals surface area (Å²) in [4.78, 5) is 62.0. The second-order valence-corrected chi connectivity index (χ2v) is 12.3. The lowest BCUT2D eigenvalue weighted by molar-refractivity contribution is -0.137. The molecule has 6 rings (SSSR count). The lowest BCUT2D eigenvalue weighted by atomic mass is 9.81. The second kappa shape index (κ2) is 12.8. The zero-order valence-electron chi connectivity index (χ0n) is 26.9. The molecule has 0 radical (unpaired) electrons. The summed E-state index contributed by atoms with van der Waals surface area (Å²) < 4.78 is 46.5. The molecule has 2 fully saturated rings. The van der Waals surface area contributed by atoms with Crippen LogP contribution >= 0.6 is 11.6 Å². The van der Waals surface area contributed by atoms with Crippen molar-refractivity contribution in [1.29, 1.82) is 0 Å². The van der Waals surface area contributed by atoms with Crippen LogP contribution < -0.4 is 20.4 Å². The Kier molecular flexibility index (Phi) is 8.85. The fourth-order valence-electron chi connectivity index (χ4n) is 6.50. The Morgan fingerprint density at radius 3 is 2.47 bits per heavy atom. The summed E-state index contributed by atoms with van der Waals surface area (Å²) in [5, 5.41) is 12.8. The fraction of sp³-hybridized carbons (Fsp3) is 0.406. The molecule has 1 saturated carbocycles. The molecule has 4 aromatic rings. The molecule has 1 aliphatic carbocycles. The van der Waals surface area contributed by atoms with E-state index < -0.39 is 29.0 Å². The predicted molar refractivity (Wildman–Crippen MR) is 173 cm³/mol. The third kappa shape index (κ3) is 5.98. The minimum atomic E-state index is -4.61. The quantitative estimate of drug-likeness (QED) is 0.285. The molecule has 4 heterocycles. The van der Waals surface area contributed by atoms with Crippen LogP contribution in [0.25, 0.3) is 11.2 Å². The molecule has 1 aliphatic heterocycles. The summed E-state index contributed by atoms with van der Waals surface area (Å²) in [7, 11) is 1.40. The molecule has 49 heavy (non-hydrogen) atoms. The number of alkyl halides is 3. The Labute approximate surface area is 282 Å². The number of nitrogens with zero attached hydrogens (tertiary/aromatic N) is 7. The lowest BCUT2D eigenvalue weighted by Gasteiger charge is -2.54. The molecule has 258 valence electrons. The van der Waals surface area contributed by atoms with Crippen molar-refractivity contribution < 1.29 is 32.6 Å². The van der Waals surface area contributed by atoms with Gasteiger partial charge in [0.15, 0.2) is 22.6 Å². The maximum Gasteiger partial charge on any atom is 0.416 e. The van der Waals surface area contributed by atoms with E-state index in [1.54, 1.807) is 23.3 Å². The minimum absolute atomic E-state index is 0.0183. The van der Waals surface area contributed by atoms with E-state index in [9.17, 15) is 32.7 Å². The highest BCUT2D eigenvalue weighted by Crippen LogP contribution is 2.39. The average Bonchev–Trinajstić information content (AvgIpc) is 3.03. The Bertz CT molecular complexity index is 2060. The van der Waals surface area contributed by atoms with E-state index in [0.29, 0.717) is 36.3 Å².